The van der Waals surface area contributed by atoms with Gasteiger partial charge in [0.15, 0.2) is 5.78 Å². The van der Waals surface area contributed by atoms with E-state index in [9.17, 15) is 4.79 Å². The first kappa shape index (κ1) is 24.1. The highest BCUT2D eigenvalue weighted by Crippen LogP contribution is 2.35. The van der Waals surface area contributed by atoms with E-state index in [2.05, 4.69) is 45.9 Å². The van der Waals surface area contributed by atoms with Crippen molar-refractivity contribution in [1.29, 1.82) is 0 Å². The number of ketones is 1. The minimum absolute atomic E-state index is 0.160. The zero-order valence-electron chi connectivity index (χ0n) is 20.1. The van der Waals surface area contributed by atoms with Crippen LogP contribution in [-0.2, 0) is 11.4 Å². The number of ether oxygens (including phenoxy) is 2. The van der Waals surface area contributed by atoms with Gasteiger partial charge < -0.3 is 9.47 Å². The number of carbonyl (C=O) groups excluding carboxylic acids is 1. The van der Waals surface area contributed by atoms with E-state index in [0.29, 0.717) is 24.2 Å². The highest BCUT2D eigenvalue weighted by molar-refractivity contribution is 6.02. The molecule has 1 saturated carbocycles. The Morgan fingerprint density at radius 1 is 0.938 bits per heavy atom. The van der Waals surface area contributed by atoms with Crippen LogP contribution in [0.5, 0.6) is 11.5 Å². The van der Waals surface area contributed by atoms with E-state index in [1.165, 1.54) is 12.8 Å². The third kappa shape index (κ3) is 6.72. The second-order valence-corrected chi connectivity index (χ2v) is 9.35. The third-order valence-electron chi connectivity index (χ3n) is 6.42. The number of hydrogen-bond acceptors (Lipinski definition) is 3. The van der Waals surface area contributed by atoms with Crippen LogP contribution >= 0.6 is 0 Å². The summed E-state index contributed by atoms with van der Waals surface area (Å²) in [5.74, 6) is 2.96. The quantitative estimate of drug-likeness (QED) is 0.287. The van der Waals surface area contributed by atoms with Crippen molar-refractivity contribution < 1.29 is 14.3 Å². The van der Waals surface area contributed by atoms with Gasteiger partial charge in [-0.3, -0.25) is 4.79 Å². The molecule has 2 aromatic carbocycles. The fourth-order valence-corrected chi connectivity index (χ4v) is 4.25. The van der Waals surface area contributed by atoms with Crippen LogP contribution in [0.2, 0.25) is 0 Å². The number of benzene rings is 2. The van der Waals surface area contributed by atoms with E-state index in [1.807, 2.05) is 36.4 Å². The van der Waals surface area contributed by atoms with Crippen molar-refractivity contribution in [2.24, 2.45) is 17.8 Å². The molecule has 0 N–H and O–H groups in total. The van der Waals surface area contributed by atoms with E-state index < -0.39 is 0 Å². The van der Waals surface area contributed by atoms with E-state index in [1.54, 1.807) is 0 Å². The fraction of sp³-hybridized carbons (Fsp3) is 0.483. The van der Waals surface area contributed by atoms with Crippen LogP contribution in [0.4, 0.5) is 0 Å². The summed E-state index contributed by atoms with van der Waals surface area (Å²) in [4.78, 5) is 12.9. The largest absolute Gasteiger partial charge is 0.494 e. The normalized spacial score (nSPS) is 20.0. The second-order valence-electron chi connectivity index (χ2n) is 9.35. The van der Waals surface area contributed by atoms with E-state index in [-0.39, 0.29) is 5.92 Å². The fourth-order valence-electron chi connectivity index (χ4n) is 4.25. The van der Waals surface area contributed by atoms with Crippen molar-refractivity contribution in [2.75, 3.05) is 6.61 Å². The van der Waals surface area contributed by atoms with E-state index in [4.69, 9.17) is 9.47 Å². The molecule has 1 fully saturated rings. The van der Waals surface area contributed by atoms with Gasteiger partial charge in [0.05, 0.1) is 6.61 Å². The average molecular weight is 435 g/mol. The van der Waals surface area contributed by atoms with Crippen LogP contribution in [0.15, 0.2) is 54.1 Å². The van der Waals surface area contributed by atoms with Crippen molar-refractivity contribution in [3.63, 3.8) is 0 Å². The molecule has 2 aromatic rings. The topological polar surface area (TPSA) is 35.5 Å². The maximum atomic E-state index is 12.9. The zero-order chi connectivity index (χ0) is 22.9. The number of allylic oxidation sites excluding steroid dienone is 1. The van der Waals surface area contributed by atoms with Crippen LogP contribution in [0.3, 0.4) is 0 Å². The highest BCUT2D eigenvalue weighted by atomic mass is 16.5. The molecule has 0 heterocycles. The SMILES string of the molecule is CCCCCOc1ccc(COc2ccc(/C=C3\C(=O)C(C(C)C)CCC3C)cc2)cc1. The summed E-state index contributed by atoms with van der Waals surface area (Å²) >= 11 is 0. The monoisotopic (exact) mass is 434 g/mol. The predicted molar refractivity (Wildman–Crippen MR) is 132 cm³/mol. The van der Waals surface area contributed by atoms with Gasteiger partial charge in [0.25, 0.3) is 0 Å². The van der Waals surface area contributed by atoms with Crippen LogP contribution < -0.4 is 9.47 Å². The van der Waals surface area contributed by atoms with E-state index in [0.717, 1.165) is 54.1 Å². The third-order valence-corrected chi connectivity index (χ3v) is 6.42. The molecule has 2 unspecified atom stereocenters. The van der Waals surface area contributed by atoms with Crippen molar-refractivity contribution in [1.82, 2.24) is 0 Å². The lowest BCUT2D eigenvalue weighted by Crippen LogP contribution is -2.30. The molecular weight excluding hydrogens is 396 g/mol. The molecule has 0 saturated heterocycles. The highest BCUT2D eigenvalue weighted by Gasteiger charge is 2.32. The number of rotatable bonds is 10. The molecule has 0 bridgehead atoms. The van der Waals surface area contributed by atoms with Crippen LogP contribution in [0.1, 0.15) is 70.9 Å². The zero-order valence-corrected chi connectivity index (χ0v) is 20.1. The van der Waals surface area contributed by atoms with Gasteiger partial charge in [-0.25, -0.2) is 0 Å². The summed E-state index contributed by atoms with van der Waals surface area (Å²) in [6.45, 7) is 9.95. The number of unbranched alkanes of at least 4 members (excludes halogenated alkanes) is 2. The first-order valence-electron chi connectivity index (χ1n) is 12.2. The van der Waals surface area contributed by atoms with Gasteiger partial charge in [-0.1, -0.05) is 64.8 Å². The van der Waals surface area contributed by atoms with Crippen LogP contribution in [-0.4, -0.2) is 12.4 Å². The molecular formula is C29H38O3. The molecule has 0 aliphatic heterocycles. The predicted octanol–water partition coefficient (Wildman–Crippen LogP) is 7.49. The summed E-state index contributed by atoms with van der Waals surface area (Å²) in [6.07, 6.45) is 7.67. The van der Waals surface area contributed by atoms with Crippen LogP contribution in [0, 0.1) is 17.8 Å². The maximum Gasteiger partial charge on any atom is 0.162 e. The maximum absolute atomic E-state index is 12.9. The Morgan fingerprint density at radius 2 is 1.59 bits per heavy atom. The van der Waals surface area contributed by atoms with Crippen molar-refractivity contribution in [3.8, 4) is 11.5 Å². The lowest BCUT2D eigenvalue weighted by molar-refractivity contribution is -0.122. The van der Waals surface area contributed by atoms with Gasteiger partial charge in [-0.05, 0) is 78.1 Å². The Balaban J connectivity index is 1.54. The van der Waals surface area contributed by atoms with Crippen molar-refractivity contribution >= 4 is 11.9 Å². The first-order valence-corrected chi connectivity index (χ1v) is 12.2. The molecule has 32 heavy (non-hydrogen) atoms. The molecule has 0 aromatic heterocycles. The van der Waals surface area contributed by atoms with Crippen molar-refractivity contribution in [3.05, 3.63) is 65.2 Å². The summed E-state index contributed by atoms with van der Waals surface area (Å²) in [6, 6.07) is 16.2. The Kier molecular flexibility index (Phi) is 8.96. The van der Waals surface area contributed by atoms with Crippen molar-refractivity contribution in [2.45, 2.75) is 66.4 Å². The molecule has 0 spiro atoms. The van der Waals surface area contributed by atoms with Gasteiger partial charge in [-0.15, -0.1) is 0 Å². The lowest BCUT2D eigenvalue weighted by atomic mass is 9.73. The molecule has 0 amide bonds. The van der Waals surface area contributed by atoms with Gasteiger partial charge in [0, 0.05) is 5.92 Å². The minimum Gasteiger partial charge on any atom is -0.494 e. The molecule has 1 aliphatic rings. The standard InChI is InChI=1S/C29H38O3/c1-5-6-7-18-31-25-15-11-24(12-16-25)20-32-26-13-9-23(10-14-26)19-28-22(4)8-17-27(21(2)3)29(28)30/h9-16,19,21-22,27H,5-8,17-18,20H2,1-4H3/b28-19-. The molecule has 3 heteroatoms. The van der Waals surface area contributed by atoms with Crippen LogP contribution in [0.25, 0.3) is 6.08 Å². The second kappa shape index (κ2) is 11.9. The molecule has 172 valence electrons. The van der Waals surface area contributed by atoms with Gasteiger partial charge in [-0.2, -0.15) is 0 Å². The lowest BCUT2D eigenvalue weighted by Gasteiger charge is -2.30. The molecule has 3 rings (SSSR count). The Hall–Kier alpha value is -2.55. The Morgan fingerprint density at radius 3 is 2.25 bits per heavy atom. The average Bonchev–Trinajstić information content (AvgIpc) is 2.79. The van der Waals surface area contributed by atoms with E-state index >= 15 is 0 Å². The molecule has 2 atom stereocenters. The number of Topliss-reactive ketones (excluding diaryl/α,β-unsaturated/α-hetero) is 1. The Bertz CT molecular complexity index is 878. The number of carbonyl (C=O) groups is 1. The Labute approximate surface area is 193 Å². The summed E-state index contributed by atoms with van der Waals surface area (Å²) in [5, 5.41) is 0. The van der Waals surface area contributed by atoms with Gasteiger partial charge in [0.1, 0.15) is 18.1 Å². The molecule has 1 aliphatic carbocycles. The van der Waals surface area contributed by atoms with Gasteiger partial charge in [0.2, 0.25) is 0 Å². The summed E-state index contributed by atoms with van der Waals surface area (Å²) in [7, 11) is 0. The smallest absolute Gasteiger partial charge is 0.162 e. The summed E-state index contributed by atoms with van der Waals surface area (Å²) < 4.78 is 11.7. The summed E-state index contributed by atoms with van der Waals surface area (Å²) in [5.41, 5.74) is 3.14. The van der Waals surface area contributed by atoms with Gasteiger partial charge >= 0.3 is 0 Å². The first-order chi connectivity index (χ1) is 15.5. The minimum atomic E-state index is 0.160. The molecule has 0 radical (unpaired) electrons. The number of hydrogen-bond donors (Lipinski definition) is 0. The molecule has 3 nitrogen and oxygen atoms in total.